The first-order valence-electron chi connectivity index (χ1n) is 5.67. The lowest BCUT2D eigenvalue weighted by atomic mass is 10.2. The van der Waals surface area contributed by atoms with Gasteiger partial charge in [-0.3, -0.25) is 0 Å². The molecule has 0 saturated carbocycles. The molecule has 0 atom stereocenters. The molecule has 0 unspecified atom stereocenters. The SMILES string of the molecule is CN1CCN(c2[c]oc3ccccc23)CC1. The van der Waals surface area contributed by atoms with E-state index in [1.165, 1.54) is 5.39 Å². The van der Waals surface area contributed by atoms with Crippen LogP contribution in [-0.4, -0.2) is 38.1 Å². The zero-order chi connectivity index (χ0) is 11.0. The minimum Gasteiger partial charge on any atom is -0.450 e. The molecule has 3 nitrogen and oxygen atoms in total. The molecule has 16 heavy (non-hydrogen) atoms. The summed E-state index contributed by atoms with van der Waals surface area (Å²) >= 11 is 0. The summed E-state index contributed by atoms with van der Waals surface area (Å²) < 4.78 is 5.45. The fraction of sp³-hybridized carbons (Fsp3) is 0.385. The molecule has 3 heteroatoms. The Morgan fingerprint density at radius 2 is 1.88 bits per heavy atom. The van der Waals surface area contributed by atoms with Crippen LogP contribution in [0.5, 0.6) is 0 Å². The van der Waals surface area contributed by atoms with E-state index in [4.69, 9.17) is 4.42 Å². The maximum atomic E-state index is 5.45. The third-order valence-electron chi connectivity index (χ3n) is 3.22. The predicted molar refractivity (Wildman–Crippen MR) is 64.8 cm³/mol. The first-order valence-corrected chi connectivity index (χ1v) is 5.67. The minimum atomic E-state index is 0.927. The van der Waals surface area contributed by atoms with E-state index in [1.54, 1.807) is 0 Å². The summed E-state index contributed by atoms with van der Waals surface area (Å²) in [7, 11) is 2.16. The van der Waals surface area contributed by atoms with Crippen molar-refractivity contribution >= 4 is 16.7 Å². The molecule has 0 N–H and O–H groups in total. The lowest BCUT2D eigenvalue weighted by Gasteiger charge is -2.33. The number of benzene rings is 1. The highest BCUT2D eigenvalue weighted by Crippen LogP contribution is 2.28. The van der Waals surface area contributed by atoms with Gasteiger partial charge in [-0.05, 0) is 19.2 Å². The van der Waals surface area contributed by atoms with Gasteiger partial charge >= 0.3 is 0 Å². The number of nitrogens with zero attached hydrogens (tertiary/aromatic N) is 2. The fourth-order valence-corrected chi connectivity index (χ4v) is 2.17. The number of likely N-dealkylation sites (N-methyl/N-ethyl adjacent to an activating group) is 1. The van der Waals surface area contributed by atoms with Crippen molar-refractivity contribution in [3.05, 3.63) is 30.5 Å². The summed E-state index contributed by atoms with van der Waals surface area (Å²) in [6, 6.07) is 8.13. The molecule has 1 aromatic heterocycles. The number of anilines is 1. The largest absolute Gasteiger partial charge is 0.450 e. The van der Waals surface area contributed by atoms with Gasteiger partial charge in [-0.15, -0.1) is 0 Å². The fourth-order valence-electron chi connectivity index (χ4n) is 2.17. The van der Waals surface area contributed by atoms with Crippen LogP contribution in [0.15, 0.2) is 28.7 Å². The molecule has 1 aliphatic heterocycles. The lowest BCUT2D eigenvalue weighted by Crippen LogP contribution is -2.44. The van der Waals surface area contributed by atoms with Crippen molar-refractivity contribution in [3.63, 3.8) is 0 Å². The van der Waals surface area contributed by atoms with Crippen LogP contribution >= 0.6 is 0 Å². The molecule has 0 spiro atoms. The summed E-state index contributed by atoms with van der Waals surface area (Å²) in [5, 5.41) is 1.17. The molecule has 1 saturated heterocycles. The van der Waals surface area contributed by atoms with Gasteiger partial charge in [0.15, 0.2) is 6.26 Å². The van der Waals surface area contributed by atoms with Crippen molar-refractivity contribution in [1.29, 1.82) is 0 Å². The number of piperazine rings is 1. The van der Waals surface area contributed by atoms with Gasteiger partial charge in [0.2, 0.25) is 0 Å². The molecule has 2 heterocycles. The van der Waals surface area contributed by atoms with Gasteiger partial charge in [-0.1, -0.05) is 12.1 Å². The number of hydrogen-bond acceptors (Lipinski definition) is 3. The van der Waals surface area contributed by atoms with E-state index in [1.807, 2.05) is 18.2 Å². The monoisotopic (exact) mass is 215 g/mol. The second-order valence-electron chi connectivity index (χ2n) is 4.34. The molecular formula is C13H15N2O. The number of rotatable bonds is 1. The van der Waals surface area contributed by atoms with Gasteiger partial charge in [-0.25, -0.2) is 0 Å². The quantitative estimate of drug-likeness (QED) is 0.725. The normalized spacial score (nSPS) is 18.2. The van der Waals surface area contributed by atoms with Crippen molar-refractivity contribution in [2.75, 3.05) is 38.1 Å². The van der Waals surface area contributed by atoms with Gasteiger partial charge in [-0.2, -0.15) is 0 Å². The smallest absolute Gasteiger partial charge is 0.196 e. The maximum Gasteiger partial charge on any atom is 0.196 e. The Morgan fingerprint density at radius 1 is 1.12 bits per heavy atom. The summed E-state index contributed by atoms with van der Waals surface area (Å²) in [6.45, 7) is 4.31. The number of furan rings is 1. The van der Waals surface area contributed by atoms with Crippen molar-refractivity contribution in [1.82, 2.24) is 4.90 Å². The van der Waals surface area contributed by atoms with Crippen LogP contribution in [-0.2, 0) is 0 Å². The molecule has 3 rings (SSSR count). The minimum absolute atomic E-state index is 0.927. The van der Waals surface area contributed by atoms with E-state index in [2.05, 4.69) is 29.2 Å². The van der Waals surface area contributed by atoms with Gasteiger partial charge in [0.05, 0.1) is 5.69 Å². The second kappa shape index (κ2) is 3.83. The molecular weight excluding hydrogens is 200 g/mol. The van der Waals surface area contributed by atoms with E-state index in [-0.39, 0.29) is 0 Å². The van der Waals surface area contributed by atoms with Crippen LogP contribution < -0.4 is 4.90 Å². The average Bonchev–Trinajstić information content (AvgIpc) is 2.74. The van der Waals surface area contributed by atoms with Gasteiger partial charge in [0.1, 0.15) is 5.58 Å². The van der Waals surface area contributed by atoms with Crippen LogP contribution in [0.25, 0.3) is 11.0 Å². The number of hydrogen-bond donors (Lipinski definition) is 0. The summed E-state index contributed by atoms with van der Waals surface area (Å²) in [6.07, 6.45) is 3.03. The molecule has 1 aliphatic rings. The molecule has 2 aromatic rings. The highest BCUT2D eigenvalue weighted by Gasteiger charge is 2.18. The standard InChI is InChI=1S/C13H15N2O/c1-14-6-8-15(9-7-14)12-10-16-13-5-3-2-4-11(12)13/h2-5H,6-9H2,1H3. The Kier molecular flexibility index (Phi) is 2.33. The predicted octanol–water partition coefficient (Wildman–Crippen LogP) is 1.98. The van der Waals surface area contributed by atoms with E-state index < -0.39 is 0 Å². The summed E-state index contributed by atoms with van der Waals surface area (Å²) in [5.41, 5.74) is 2.04. The van der Waals surface area contributed by atoms with E-state index in [9.17, 15) is 0 Å². The van der Waals surface area contributed by atoms with Crippen LogP contribution in [0.1, 0.15) is 0 Å². The molecule has 83 valence electrons. The van der Waals surface area contributed by atoms with Gasteiger partial charge in [0.25, 0.3) is 0 Å². The van der Waals surface area contributed by atoms with E-state index in [0.29, 0.717) is 0 Å². The molecule has 0 bridgehead atoms. The molecule has 0 aliphatic carbocycles. The number of fused-ring (bicyclic) bond motifs is 1. The van der Waals surface area contributed by atoms with Gasteiger partial charge in [0, 0.05) is 31.6 Å². The second-order valence-corrected chi connectivity index (χ2v) is 4.34. The molecule has 1 radical (unpaired) electrons. The first-order chi connectivity index (χ1) is 7.84. The summed E-state index contributed by atoms with van der Waals surface area (Å²) in [5.74, 6) is 0. The third-order valence-corrected chi connectivity index (χ3v) is 3.22. The molecule has 1 fully saturated rings. The lowest BCUT2D eigenvalue weighted by molar-refractivity contribution is 0.312. The zero-order valence-corrected chi connectivity index (χ0v) is 9.44. The topological polar surface area (TPSA) is 19.6 Å². The van der Waals surface area contributed by atoms with Gasteiger partial charge < -0.3 is 14.2 Å². The maximum absolute atomic E-state index is 5.45. The zero-order valence-electron chi connectivity index (χ0n) is 9.44. The Hall–Kier alpha value is -1.48. The highest BCUT2D eigenvalue weighted by molar-refractivity contribution is 5.90. The van der Waals surface area contributed by atoms with E-state index in [0.717, 1.165) is 37.4 Å². The Balaban J connectivity index is 1.94. The summed E-state index contributed by atoms with van der Waals surface area (Å²) in [4.78, 5) is 4.70. The first kappa shape index (κ1) is 9.73. The average molecular weight is 215 g/mol. The van der Waals surface area contributed by atoms with Crippen LogP contribution in [0.2, 0.25) is 0 Å². The Labute approximate surface area is 95.2 Å². The van der Waals surface area contributed by atoms with Crippen LogP contribution in [0.3, 0.4) is 0 Å². The highest BCUT2D eigenvalue weighted by atomic mass is 16.3. The van der Waals surface area contributed by atoms with Crippen molar-refractivity contribution in [2.45, 2.75) is 0 Å². The third kappa shape index (κ3) is 1.57. The Morgan fingerprint density at radius 3 is 2.69 bits per heavy atom. The number of para-hydroxylation sites is 1. The van der Waals surface area contributed by atoms with Crippen molar-refractivity contribution < 1.29 is 4.42 Å². The molecule has 1 aromatic carbocycles. The van der Waals surface area contributed by atoms with Crippen molar-refractivity contribution in [3.8, 4) is 0 Å². The molecule has 0 amide bonds. The van der Waals surface area contributed by atoms with Crippen LogP contribution in [0, 0.1) is 6.26 Å². The van der Waals surface area contributed by atoms with E-state index >= 15 is 0 Å². The Bertz CT molecular complexity index is 483. The van der Waals surface area contributed by atoms with Crippen molar-refractivity contribution in [2.24, 2.45) is 0 Å². The van der Waals surface area contributed by atoms with Crippen LogP contribution in [0.4, 0.5) is 5.69 Å².